The van der Waals surface area contributed by atoms with Crippen molar-refractivity contribution in [1.82, 2.24) is 9.55 Å². The van der Waals surface area contributed by atoms with Crippen molar-refractivity contribution in [3.05, 3.63) is 27.0 Å². The minimum absolute atomic E-state index is 0.00228. The van der Waals surface area contributed by atoms with Gasteiger partial charge in [-0.3, -0.25) is 14.3 Å². The third-order valence-electron chi connectivity index (χ3n) is 1.60. The van der Waals surface area contributed by atoms with Gasteiger partial charge in [0.15, 0.2) is 0 Å². The first-order valence-electron chi connectivity index (χ1n) is 3.85. The predicted molar refractivity (Wildman–Crippen MR) is 47.4 cm³/mol. The fourth-order valence-corrected chi connectivity index (χ4v) is 0.933. The molecule has 1 rings (SSSR count). The van der Waals surface area contributed by atoms with Crippen LogP contribution in [0.4, 0.5) is 5.69 Å². The summed E-state index contributed by atoms with van der Waals surface area (Å²) in [5.41, 5.74) is 4.21. The molecule has 0 aliphatic rings. The zero-order chi connectivity index (χ0) is 9.84. The number of nitrogen functional groups attached to an aromatic ring is 1. The molecule has 72 valence electrons. The molecule has 0 amide bonds. The zero-order valence-electron chi connectivity index (χ0n) is 6.99. The molecule has 0 spiro atoms. The van der Waals surface area contributed by atoms with Gasteiger partial charge in [-0.15, -0.1) is 0 Å². The van der Waals surface area contributed by atoms with E-state index in [0.717, 1.165) is 0 Å². The fraction of sp³-hybridized carbons (Fsp3) is 0.429. The molecule has 6 nitrogen and oxygen atoms in total. The van der Waals surface area contributed by atoms with E-state index in [-0.39, 0.29) is 12.3 Å². The second-order valence-electron chi connectivity index (χ2n) is 2.61. The normalized spacial score (nSPS) is 10.2. The number of rotatable bonds is 3. The SMILES string of the molecule is Nc1cn(CCCO)c(=O)[nH]c1=O. The first kappa shape index (κ1) is 9.53. The topological polar surface area (TPSA) is 101 Å². The second kappa shape index (κ2) is 3.90. The number of nitrogens with two attached hydrogens (primary N) is 1. The number of aliphatic hydroxyl groups excluding tert-OH is 1. The number of nitrogens with one attached hydrogen (secondary N) is 1. The highest BCUT2D eigenvalue weighted by Crippen LogP contribution is 1.89. The Balaban J connectivity index is 3.02. The molecule has 0 fully saturated rings. The Hall–Kier alpha value is -1.56. The Morgan fingerprint density at radius 1 is 1.54 bits per heavy atom. The molecule has 0 saturated carbocycles. The smallest absolute Gasteiger partial charge is 0.328 e. The molecule has 0 atom stereocenters. The molecule has 6 heteroatoms. The third-order valence-corrected chi connectivity index (χ3v) is 1.60. The molecule has 1 aromatic heterocycles. The highest BCUT2D eigenvalue weighted by molar-refractivity contribution is 5.30. The molecule has 1 aromatic rings. The summed E-state index contributed by atoms with van der Waals surface area (Å²) < 4.78 is 1.26. The van der Waals surface area contributed by atoms with Crippen molar-refractivity contribution in [3.8, 4) is 0 Å². The summed E-state index contributed by atoms with van der Waals surface area (Å²) in [5, 5.41) is 8.52. The van der Waals surface area contributed by atoms with Gasteiger partial charge in [0.1, 0.15) is 5.69 Å². The van der Waals surface area contributed by atoms with E-state index in [2.05, 4.69) is 4.98 Å². The van der Waals surface area contributed by atoms with Crippen molar-refractivity contribution in [1.29, 1.82) is 0 Å². The van der Waals surface area contributed by atoms with Gasteiger partial charge in [0.25, 0.3) is 5.56 Å². The van der Waals surface area contributed by atoms with Gasteiger partial charge < -0.3 is 10.8 Å². The summed E-state index contributed by atoms with van der Waals surface area (Å²) in [6.07, 6.45) is 1.72. The molecule has 0 aromatic carbocycles. The van der Waals surface area contributed by atoms with Crippen LogP contribution in [0, 0.1) is 0 Å². The number of nitrogens with zero attached hydrogens (tertiary/aromatic N) is 1. The van der Waals surface area contributed by atoms with Crippen molar-refractivity contribution >= 4 is 5.69 Å². The fourth-order valence-electron chi connectivity index (χ4n) is 0.933. The van der Waals surface area contributed by atoms with Crippen molar-refractivity contribution in [2.45, 2.75) is 13.0 Å². The molecule has 0 aliphatic carbocycles. The largest absolute Gasteiger partial charge is 0.396 e. The molecule has 4 N–H and O–H groups in total. The van der Waals surface area contributed by atoms with Crippen LogP contribution >= 0.6 is 0 Å². The number of aromatic nitrogens is 2. The van der Waals surface area contributed by atoms with E-state index >= 15 is 0 Å². The first-order valence-corrected chi connectivity index (χ1v) is 3.85. The lowest BCUT2D eigenvalue weighted by atomic mass is 10.4. The number of aryl methyl sites for hydroxylation is 1. The summed E-state index contributed by atoms with van der Waals surface area (Å²) in [5.74, 6) is 0. The van der Waals surface area contributed by atoms with Crippen LogP contribution in [0.3, 0.4) is 0 Å². The van der Waals surface area contributed by atoms with E-state index in [4.69, 9.17) is 10.8 Å². The molecule has 0 unspecified atom stereocenters. The van der Waals surface area contributed by atoms with Crippen molar-refractivity contribution in [2.75, 3.05) is 12.3 Å². The van der Waals surface area contributed by atoms with Crippen LogP contribution in [-0.4, -0.2) is 21.3 Å². The molecule has 0 bridgehead atoms. The average Bonchev–Trinajstić information content (AvgIpc) is 2.09. The first-order chi connectivity index (χ1) is 6.15. The minimum Gasteiger partial charge on any atom is -0.396 e. The van der Waals surface area contributed by atoms with Crippen LogP contribution in [0.2, 0.25) is 0 Å². The third kappa shape index (κ3) is 2.19. The molecular formula is C7H11N3O3. The summed E-state index contributed by atoms with van der Waals surface area (Å²) in [6.45, 7) is 0.335. The number of hydrogen-bond donors (Lipinski definition) is 3. The number of hydrogen-bond acceptors (Lipinski definition) is 4. The van der Waals surface area contributed by atoms with Gasteiger partial charge in [0.2, 0.25) is 0 Å². The van der Waals surface area contributed by atoms with Gasteiger partial charge in [0.05, 0.1) is 0 Å². The van der Waals surface area contributed by atoms with E-state index in [1.54, 1.807) is 0 Å². The minimum atomic E-state index is -0.578. The van der Waals surface area contributed by atoms with E-state index in [0.29, 0.717) is 13.0 Å². The standard InChI is InChI=1S/C7H11N3O3/c8-5-4-10(2-1-3-11)7(13)9-6(5)12/h4,11H,1-3,8H2,(H,9,12,13). The van der Waals surface area contributed by atoms with Crippen molar-refractivity contribution in [3.63, 3.8) is 0 Å². The highest BCUT2D eigenvalue weighted by Gasteiger charge is 1.99. The van der Waals surface area contributed by atoms with Gasteiger partial charge in [0, 0.05) is 19.3 Å². The predicted octanol–water partition coefficient (Wildman–Crippen LogP) is -1.50. The van der Waals surface area contributed by atoms with Crippen molar-refractivity contribution in [2.24, 2.45) is 0 Å². The summed E-state index contributed by atoms with van der Waals surface area (Å²) in [7, 11) is 0. The average molecular weight is 185 g/mol. The Morgan fingerprint density at radius 2 is 2.23 bits per heavy atom. The van der Waals surface area contributed by atoms with Crippen LogP contribution in [-0.2, 0) is 6.54 Å². The Labute approximate surface area is 73.6 Å². The Kier molecular flexibility index (Phi) is 2.86. The maximum atomic E-state index is 11.1. The number of H-pyrrole nitrogens is 1. The number of anilines is 1. The van der Waals surface area contributed by atoms with Gasteiger partial charge in [-0.05, 0) is 6.42 Å². The van der Waals surface area contributed by atoms with Gasteiger partial charge in [-0.25, -0.2) is 4.79 Å². The molecule has 13 heavy (non-hydrogen) atoms. The lowest BCUT2D eigenvalue weighted by Gasteiger charge is -2.03. The molecular weight excluding hydrogens is 174 g/mol. The molecule has 1 heterocycles. The highest BCUT2D eigenvalue weighted by atomic mass is 16.3. The quantitative estimate of drug-likeness (QED) is 0.533. The second-order valence-corrected chi connectivity index (χ2v) is 2.61. The monoisotopic (exact) mass is 185 g/mol. The van der Waals surface area contributed by atoms with Gasteiger partial charge in [-0.1, -0.05) is 0 Å². The lowest BCUT2D eigenvalue weighted by molar-refractivity contribution is 0.278. The maximum absolute atomic E-state index is 11.1. The van der Waals surface area contributed by atoms with Crippen LogP contribution in [0.25, 0.3) is 0 Å². The van der Waals surface area contributed by atoms with Crippen LogP contribution in [0.5, 0.6) is 0 Å². The lowest BCUT2D eigenvalue weighted by Crippen LogP contribution is -2.31. The van der Waals surface area contributed by atoms with Crippen molar-refractivity contribution < 1.29 is 5.11 Å². The van der Waals surface area contributed by atoms with Crippen LogP contribution < -0.4 is 17.0 Å². The number of aliphatic hydroxyl groups is 1. The van der Waals surface area contributed by atoms with E-state index in [9.17, 15) is 9.59 Å². The summed E-state index contributed by atoms with van der Waals surface area (Å²) >= 11 is 0. The summed E-state index contributed by atoms with van der Waals surface area (Å²) in [6, 6.07) is 0. The van der Waals surface area contributed by atoms with E-state index < -0.39 is 11.2 Å². The Bertz CT molecular complexity index is 393. The van der Waals surface area contributed by atoms with E-state index in [1.165, 1.54) is 10.8 Å². The van der Waals surface area contributed by atoms with E-state index in [1.807, 2.05) is 0 Å². The number of aromatic amines is 1. The zero-order valence-corrected chi connectivity index (χ0v) is 6.99. The summed E-state index contributed by atoms with van der Waals surface area (Å²) in [4.78, 5) is 24.0. The molecule has 0 aliphatic heterocycles. The molecule has 0 radical (unpaired) electrons. The van der Waals surface area contributed by atoms with Gasteiger partial charge in [-0.2, -0.15) is 0 Å². The maximum Gasteiger partial charge on any atom is 0.328 e. The molecule has 0 saturated heterocycles. The van der Waals surface area contributed by atoms with Crippen LogP contribution in [0.1, 0.15) is 6.42 Å². The Morgan fingerprint density at radius 3 is 2.85 bits per heavy atom. The van der Waals surface area contributed by atoms with Gasteiger partial charge >= 0.3 is 5.69 Å². The van der Waals surface area contributed by atoms with Crippen LogP contribution in [0.15, 0.2) is 15.8 Å².